The molecule has 1 aliphatic carbocycles. The van der Waals surface area contributed by atoms with Crippen LogP contribution in [0.25, 0.3) is 0 Å². The first-order valence-electron chi connectivity index (χ1n) is 7.02. The van der Waals surface area contributed by atoms with Crippen LogP contribution in [-0.4, -0.2) is 10.1 Å². The number of aryl methyl sites for hydroxylation is 2. The van der Waals surface area contributed by atoms with E-state index in [1.807, 2.05) is 24.3 Å². The van der Waals surface area contributed by atoms with Crippen LogP contribution in [0.3, 0.4) is 0 Å². The summed E-state index contributed by atoms with van der Waals surface area (Å²) >= 11 is 5.87. The molecular formula is C15H19Cl2N3O. The number of hydrogen-bond acceptors (Lipinski definition) is 4. The van der Waals surface area contributed by atoms with Gasteiger partial charge in [0.1, 0.15) is 0 Å². The third-order valence-electron chi connectivity index (χ3n) is 3.95. The number of nitrogens with zero attached hydrogens (tertiary/aromatic N) is 2. The number of benzene rings is 1. The van der Waals surface area contributed by atoms with Crippen LogP contribution in [0.15, 0.2) is 28.8 Å². The average Bonchev–Trinajstić information content (AvgIpc) is 3.08. The fourth-order valence-corrected chi connectivity index (χ4v) is 2.82. The average molecular weight is 328 g/mol. The second kappa shape index (κ2) is 6.77. The topological polar surface area (TPSA) is 64.9 Å². The van der Waals surface area contributed by atoms with E-state index in [1.54, 1.807) is 0 Å². The van der Waals surface area contributed by atoms with Crippen molar-refractivity contribution in [3.8, 4) is 0 Å². The van der Waals surface area contributed by atoms with Gasteiger partial charge in [-0.05, 0) is 37.0 Å². The van der Waals surface area contributed by atoms with E-state index in [0.717, 1.165) is 43.5 Å². The van der Waals surface area contributed by atoms with E-state index in [4.69, 9.17) is 21.9 Å². The highest BCUT2D eigenvalue weighted by molar-refractivity contribution is 6.30. The lowest BCUT2D eigenvalue weighted by molar-refractivity contribution is 0.348. The summed E-state index contributed by atoms with van der Waals surface area (Å²) in [5, 5.41) is 4.81. The van der Waals surface area contributed by atoms with Gasteiger partial charge in [0.05, 0.1) is 5.54 Å². The molecule has 1 aromatic carbocycles. The number of halogens is 2. The number of aromatic nitrogens is 2. The molecule has 1 saturated carbocycles. The Morgan fingerprint density at radius 1 is 1.14 bits per heavy atom. The van der Waals surface area contributed by atoms with Crippen molar-refractivity contribution in [3.63, 3.8) is 0 Å². The van der Waals surface area contributed by atoms with Crippen molar-refractivity contribution in [2.24, 2.45) is 5.73 Å². The maximum absolute atomic E-state index is 6.32. The van der Waals surface area contributed by atoms with E-state index in [0.29, 0.717) is 11.7 Å². The minimum absolute atomic E-state index is 0. The van der Waals surface area contributed by atoms with Crippen LogP contribution < -0.4 is 5.73 Å². The van der Waals surface area contributed by atoms with Gasteiger partial charge in [0.2, 0.25) is 5.89 Å². The summed E-state index contributed by atoms with van der Waals surface area (Å²) in [5.41, 5.74) is 7.15. The van der Waals surface area contributed by atoms with Gasteiger partial charge in [-0.2, -0.15) is 4.98 Å². The Morgan fingerprint density at radius 3 is 2.48 bits per heavy atom. The first-order chi connectivity index (χ1) is 9.66. The molecule has 0 radical (unpaired) electrons. The second-order valence-electron chi connectivity index (χ2n) is 5.50. The molecule has 1 aromatic heterocycles. The monoisotopic (exact) mass is 327 g/mol. The zero-order valence-corrected chi connectivity index (χ0v) is 13.3. The highest BCUT2D eigenvalue weighted by Crippen LogP contribution is 2.34. The largest absolute Gasteiger partial charge is 0.339 e. The molecule has 0 bridgehead atoms. The smallest absolute Gasteiger partial charge is 0.227 e. The van der Waals surface area contributed by atoms with Crippen LogP contribution in [-0.2, 0) is 18.4 Å². The van der Waals surface area contributed by atoms with Gasteiger partial charge in [0.15, 0.2) is 5.82 Å². The summed E-state index contributed by atoms with van der Waals surface area (Å²) in [6.07, 6.45) is 5.77. The molecule has 1 aliphatic rings. The summed E-state index contributed by atoms with van der Waals surface area (Å²) in [4.78, 5) is 4.47. The predicted octanol–water partition coefficient (Wildman–Crippen LogP) is 3.66. The summed E-state index contributed by atoms with van der Waals surface area (Å²) in [5.74, 6) is 1.33. The molecule has 2 aromatic rings. The van der Waals surface area contributed by atoms with E-state index in [9.17, 15) is 0 Å². The van der Waals surface area contributed by atoms with Crippen LogP contribution >= 0.6 is 24.0 Å². The van der Waals surface area contributed by atoms with Crippen molar-refractivity contribution in [1.82, 2.24) is 10.1 Å². The van der Waals surface area contributed by atoms with Gasteiger partial charge < -0.3 is 10.3 Å². The lowest BCUT2D eigenvalue weighted by Crippen LogP contribution is -2.34. The second-order valence-corrected chi connectivity index (χ2v) is 5.94. The van der Waals surface area contributed by atoms with Crippen LogP contribution in [0.2, 0.25) is 5.02 Å². The predicted molar refractivity (Wildman–Crippen MR) is 84.7 cm³/mol. The fourth-order valence-electron chi connectivity index (χ4n) is 2.69. The third-order valence-corrected chi connectivity index (χ3v) is 4.20. The van der Waals surface area contributed by atoms with Gasteiger partial charge >= 0.3 is 0 Å². The van der Waals surface area contributed by atoms with Crippen molar-refractivity contribution in [2.45, 2.75) is 44.1 Å². The minimum atomic E-state index is -0.373. The molecule has 1 heterocycles. The Balaban J connectivity index is 0.00000161. The Kier molecular flexibility index (Phi) is 5.25. The maximum atomic E-state index is 6.32. The van der Waals surface area contributed by atoms with Gasteiger partial charge in [0.25, 0.3) is 0 Å². The molecule has 2 N–H and O–H groups in total. The molecule has 0 atom stereocenters. The summed E-state index contributed by atoms with van der Waals surface area (Å²) in [7, 11) is 0. The van der Waals surface area contributed by atoms with E-state index in [2.05, 4.69) is 10.1 Å². The normalized spacial score (nSPS) is 16.7. The number of nitrogens with two attached hydrogens (primary N) is 1. The van der Waals surface area contributed by atoms with Crippen molar-refractivity contribution >= 4 is 24.0 Å². The first-order valence-corrected chi connectivity index (χ1v) is 7.40. The SMILES string of the molecule is Cl.NC1(c2noc(CCc3ccc(Cl)cc3)n2)CCCC1. The third kappa shape index (κ3) is 3.76. The van der Waals surface area contributed by atoms with Crippen LogP contribution in [0, 0.1) is 0 Å². The van der Waals surface area contributed by atoms with Crippen LogP contribution in [0.5, 0.6) is 0 Å². The molecule has 0 amide bonds. The standard InChI is InChI=1S/C15H18ClN3O.ClH/c16-12-6-3-11(4-7-12)5-8-13-18-14(19-20-13)15(17)9-1-2-10-15;/h3-4,6-7H,1-2,5,8-10,17H2;1H. The molecule has 0 saturated heterocycles. The molecule has 0 spiro atoms. The molecule has 114 valence electrons. The highest BCUT2D eigenvalue weighted by Gasteiger charge is 2.35. The van der Waals surface area contributed by atoms with Gasteiger partial charge in [-0.15, -0.1) is 12.4 Å². The lowest BCUT2D eigenvalue weighted by atomic mass is 9.99. The van der Waals surface area contributed by atoms with E-state index >= 15 is 0 Å². The van der Waals surface area contributed by atoms with Crippen LogP contribution in [0.4, 0.5) is 0 Å². The number of rotatable bonds is 4. The Morgan fingerprint density at radius 2 is 1.81 bits per heavy atom. The van der Waals surface area contributed by atoms with E-state index < -0.39 is 0 Å². The molecule has 4 nitrogen and oxygen atoms in total. The van der Waals surface area contributed by atoms with E-state index in [1.165, 1.54) is 5.56 Å². The van der Waals surface area contributed by atoms with Gasteiger partial charge in [0, 0.05) is 11.4 Å². The summed E-state index contributed by atoms with van der Waals surface area (Å²) in [6.45, 7) is 0. The molecule has 0 unspecified atom stereocenters. The number of hydrogen-bond donors (Lipinski definition) is 1. The zero-order chi connectivity index (χ0) is 14.0. The quantitative estimate of drug-likeness (QED) is 0.930. The molecule has 0 aliphatic heterocycles. The molecule has 21 heavy (non-hydrogen) atoms. The fraction of sp³-hybridized carbons (Fsp3) is 0.467. The van der Waals surface area contributed by atoms with Gasteiger partial charge in [-0.3, -0.25) is 0 Å². The van der Waals surface area contributed by atoms with Crippen molar-refractivity contribution in [1.29, 1.82) is 0 Å². The highest BCUT2D eigenvalue weighted by atomic mass is 35.5. The van der Waals surface area contributed by atoms with Crippen molar-refractivity contribution < 1.29 is 4.52 Å². The van der Waals surface area contributed by atoms with Crippen molar-refractivity contribution in [3.05, 3.63) is 46.6 Å². The van der Waals surface area contributed by atoms with Crippen LogP contribution in [0.1, 0.15) is 43.0 Å². The molecule has 6 heteroatoms. The molecule has 3 rings (SSSR count). The van der Waals surface area contributed by atoms with Gasteiger partial charge in [-0.1, -0.05) is 41.7 Å². The Bertz CT molecular complexity index is 577. The molecule has 1 fully saturated rings. The minimum Gasteiger partial charge on any atom is -0.339 e. The maximum Gasteiger partial charge on any atom is 0.227 e. The summed E-state index contributed by atoms with van der Waals surface area (Å²) < 4.78 is 5.32. The van der Waals surface area contributed by atoms with E-state index in [-0.39, 0.29) is 17.9 Å². The first kappa shape index (κ1) is 16.3. The molecular weight excluding hydrogens is 309 g/mol. The lowest BCUT2D eigenvalue weighted by Gasteiger charge is -2.17. The van der Waals surface area contributed by atoms with Crippen molar-refractivity contribution in [2.75, 3.05) is 0 Å². The van der Waals surface area contributed by atoms with Gasteiger partial charge in [-0.25, -0.2) is 0 Å². The Hall–Kier alpha value is -1.10. The summed E-state index contributed by atoms with van der Waals surface area (Å²) in [6, 6.07) is 7.81. The zero-order valence-electron chi connectivity index (χ0n) is 11.7. The Labute approximate surface area is 135 Å².